The molecule has 3 amide bonds. The third kappa shape index (κ3) is 3.95. The molecular weight excluding hydrogens is 368 g/mol. The summed E-state index contributed by atoms with van der Waals surface area (Å²) < 4.78 is 5.19. The molecule has 0 spiro atoms. The molecule has 1 heterocycles. The van der Waals surface area contributed by atoms with E-state index in [-0.39, 0.29) is 30.7 Å². The Morgan fingerprint density at radius 2 is 1.85 bits per heavy atom. The zero-order valence-corrected chi connectivity index (χ0v) is 15.8. The molecule has 0 atom stereocenters. The van der Waals surface area contributed by atoms with Crippen LogP contribution in [0.2, 0.25) is 5.02 Å². The van der Waals surface area contributed by atoms with Crippen molar-refractivity contribution in [3.63, 3.8) is 0 Å². The third-order valence-electron chi connectivity index (χ3n) is 4.35. The first-order chi connectivity index (χ1) is 12.9. The molecule has 3 rings (SSSR count). The smallest absolute Gasteiger partial charge is 0.261 e. The number of nitrogens with zero attached hydrogens (tertiary/aromatic N) is 1. The lowest BCUT2D eigenvalue weighted by Crippen LogP contribution is -2.31. The minimum Gasteiger partial charge on any atom is -0.495 e. The van der Waals surface area contributed by atoms with Gasteiger partial charge in [0.25, 0.3) is 11.8 Å². The van der Waals surface area contributed by atoms with Crippen molar-refractivity contribution in [1.82, 2.24) is 4.90 Å². The molecule has 0 aromatic heterocycles. The van der Waals surface area contributed by atoms with Crippen LogP contribution in [0.15, 0.2) is 36.4 Å². The van der Waals surface area contributed by atoms with Crippen LogP contribution in [-0.2, 0) is 4.79 Å². The molecule has 6 nitrogen and oxygen atoms in total. The molecule has 0 radical (unpaired) electrons. The molecular formula is C20H19ClN2O4. The molecule has 0 fully saturated rings. The largest absolute Gasteiger partial charge is 0.495 e. The van der Waals surface area contributed by atoms with Gasteiger partial charge in [0.2, 0.25) is 5.91 Å². The summed E-state index contributed by atoms with van der Waals surface area (Å²) in [6.07, 6.45) is 0.515. The average Bonchev–Trinajstić information content (AvgIpc) is 2.86. The molecule has 0 saturated carbocycles. The van der Waals surface area contributed by atoms with Crippen LogP contribution in [0.3, 0.4) is 0 Å². The van der Waals surface area contributed by atoms with Gasteiger partial charge in [0.05, 0.1) is 23.9 Å². The summed E-state index contributed by atoms with van der Waals surface area (Å²) >= 11 is 5.95. The number of ether oxygens (including phenoxy) is 1. The molecule has 2 aromatic rings. The number of hydrogen-bond acceptors (Lipinski definition) is 4. The molecule has 0 aliphatic carbocycles. The van der Waals surface area contributed by atoms with Gasteiger partial charge in [0, 0.05) is 18.0 Å². The van der Waals surface area contributed by atoms with Crippen molar-refractivity contribution in [1.29, 1.82) is 0 Å². The van der Waals surface area contributed by atoms with E-state index in [0.717, 1.165) is 5.56 Å². The van der Waals surface area contributed by atoms with Crippen molar-refractivity contribution >= 4 is 35.0 Å². The van der Waals surface area contributed by atoms with Gasteiger partial charge in [-0.05, 0) is 43.7 Å². The SMILES string of the molecule is COc1ccc(Cl)cc1NC(=O)CCCN1C(=O)c2ccc(C)cc2C1=O. The van der Waals surface area contributed by atoms with Gasteiger partial charge in [0.15, 0.2) is 0 Å². The van der Waals surface area contributed by atoms with Gasteiger partial charge >= 0.3 is 0 Å². The van der Waals surface area contributed by atoms with Gasteiger partial charge in [-0.3, -0.25) is 19.3 Å². The number of imide groups is 1. The van der Waals surface area contributed by atoms with E-state index in [1.54, 1.807) is 36.4 Å². The van der Waals surface area contributed by atoms with Crippen LogP contribution in [0.25, 0.3) is 0 Å². The highest BCUT2D eigenvalue weighted by Crippen LogP contribution is 2.28. The number of methoxy groups -OCH3 is 1. The Kier molecular flexibility index (Phi) is 5.46. The van der Waals surface area contributed by atoms with E-state index >= 15 is 0 Å². The molecule has 140 valence electrons. The monoisotopic (exact) mass is 386 g/mol. The van der Waals surface area contributed by atoms with Crippen LogP contribution >= 0.6 is 11.6 Å². The van der Waals surface area contributed by atoms with Gasteiger partial charge < -0.3 is 10.1 Å². The molecule has 0 unspecified atom stereocenters. The molecule has 0 bridgehead atoms. The van der Waals surface area contributed by atoms with Crippen molar-refractivity contribution in [3.8, 4) is 5.75 Å². The highest BCUT2D eigenvalue weighted by atomic mass is 35.5. The molecule has 27 heavy (non-hydrogen) atoms. The predicted molar refractivity (Wildman–Crippen MR) is 102 cm³/mol. The molecule has 1 N–H and O–H groups in total. The molecule has 1 aliphatic heterocycles. The fourth-order valence-corrected chi connectivity index (χ4v) is 3.17. The normalized spacial score (nSPS) is 12.9. The fraction of sp³-hybridized carbons (Fsp3) is 0.250. The summed E-state index contributed by atoms with van der Waals surface area (Å²) in [6, 6.07) is 10.1. The quantitative estimate of drug-likeness (QED) is 0.768. The fourth-order valence-electron chi connectivity index (χ4n) is 3.00. The lowest BCUT2D eigenvalue weighted by molar-refractivity contribution is -0.116. The second-order valence-corrected chi connectivity index (χ2v) is 6.74. The number of hydrogen-bond donors (Lipinski definition) is 1. The standard InChI is InChI=1S/C20H19ClN2O4/c1-12-5-7-14-15(10-12)20(26)23(19(14)25)9-3-4-18(24)22-16-11-13(21)6-8-17(16)27-2/h5-8,10-11H,3-4,9H2,1-2H3,(H,22,24). The van der Waals surface area contributed by atoms with Crippen LogP contribution < -0.4 is 10.1 Å². The number of halogens is 1. The lowest BCUT2D eigenvalue weighted by Gasteiger charge is -2.14. The number of rotatable bonds is 6. The van der Waals surface area contributed by atoms with Crippen LogP contribution in [0.4, 0.5) is 5.69 Å². The van der Waals surface area contributed by atoms with Gasteiger partial charge in [-0.15, -0.1) is 0 Å². The number of carbonyl (C=O) groups is 3. The van der Waals surface area contributed by atoms with Crippen LogP contribution in [0.1, 0.15) is 39.1 Å². The second-order valence-electron chi connectivity index (χ2n) is 6.31. The molecule has 0 saturated heterocycles. The number of amides is 3. The van der Waals surface area contributed by atoms with Crippen molar-refractivity contribution in [2.45, 2.75) is 19.8 Å². The summed E-state index contributed by atoms with van der Waals surface area (Å²) in [4.78, 5) is 38.2. The summed E-state index contributed by atoms with van der Waals surface area (Å²) in [6.45, 7) is 2.06. The summed E-state index contributed by atoms with van der Waals surface area (Å²) in [5.74, 6) is -0.367. The maximum Gasteiger partial charge on any atom is 0.261 e. The maximum atomic E-state index is 12.4. The minimum absolute atomic E-state index is 0.155. The number of nitrogens with one attached hydrogen (secondary N) is 1. The Labute approximate surface area is 162 Å². The zero-order chi connectivity index (χ0) is 19.6. The number of fused-ring (bicyclic) bond motifs is 1. The van der Waals surface area contributed by atoms with Gasteiger partial charge in [-0.25, -0.2) is 0 Å². The van der Waals surface area contributed by atoms with Crippen molar-refractivity contribution in [3.05, 3.63) is 58.1 Å². The van der Waals surface area contributed by atoms with E-state index < -0.39 is 0 Å². The van der Waals surface area contributed by atoms with Crippen LogP contribution in [0, 0.1) is 6.92 Å². The van der Waals surface area contributed by atoms with E-state index in [9.17, 15) is 14.4 Å². The number of anilines is 1. The van der Waals surface area contributed by atoms with E-state index in [0.29, 0.717) is 34.0 Å². The van der Waals surface area contributed by atoms with Gasteiger partial charge in [-0.2, -0.15) is 0 Å². The summed E-state index contributed by atoms with van der Waals surface area (Å²) in [5, 5.41) is 3.22. The molecule has 1 aliphatic rings. The third-order valence-corrected chi connectivity index (χ3v) is 4.58. The van der Waals surface area contributed by atoms with Crippen molar-refractivity contribution < 1.29 is 19.1 Å². The van der Waals surface area contributed by atoms with E-state index in [4.69, 9.17) is 16.3 Å². The predicted octanol–water partition coefficient (Wildman–Crippen LogP) is 3.67. The number of aryl methyl sites for hydroxylation is 1. The van der Waals surface area contributed by atoms with Crippen LogP contribution in [0.5, 0.6) is 5.75 Å². The first-order valence-corrected chi connectivity index (χ1v) is 8.88. The topological polar surface area (TPSA) is 75.7 Å². The summed E-state index contributed by atoms with van der Waals surface area (Å²) in [5.41, 5.74) is 2.24. The van der Waals surface area contributed by atoms with Crippen LogP contribution in [-0.4, -0.2) is 36.3 Å². The Bertz CT molecular complexity index is 926. The van der Waals surface area contributed by atoms with Gasteiger partial charge in [0.1, 0.15) is 5.75 Å². The van der Waals surface area contributed by atoms with Gasteiger partial charge in [-0.1, -0.05) is 23.2 Å². The zero-order valence-electron chi connectivity index (χ0n) is 15.0. The first kappa shape index (κ1) is 18.9. The highest BCUT2D eigenvalue weighted by molar-refractivity contribution is 6.31. The lowest BCUT2D eigenvalue weighted by atomic mass is 10.1. The van der Waals surface area contributed by atoms with E-state index in [1.165, 1.54) is 12.0 Å². The van der Waals surface area contributed by atoms with Crippen molar-refractivity contribution in [2.75, 3.05) is 19.0 Å². The Morgan fingerprint density at radius 3 is 2.59 bits per heavy atom. The molecule has 2 aromatic carbocycles. The average molecular weight is 387 g/mol. The molecule has 7 heteroatoms. The minimum atomic E-state index is -0.313. The first-order valence-electron chi connectivity index (χ1n) is 8.51. The summed E-state index contributed by atoms with van der Waals surface area (Å²) in [7, 11) is 1.50. The Morgan fingerprint density at radius 1 is 1.11 bits per heavy atom. The Balaban J connectivity index is 1.58. The maximum absolute atomic E-state index is 12.4. The highest BCUT2D eigenvalue weighted by Gasteiger charge is 2.34. The number of carbonyl (C=O) groups excluding carboxylic acids is 3. The second kappa shape index (κ2) is 7.80. The Hall–Kier alpha value is -2.86. The van der Waals surface area contributed by atoms with E-state index in [2.05, 4.69) is 5.32 Å². The van der Waals surface area contributed by atoms with Crippen molar-refractivity contribution in [2.24, 2.45) is 0 Å². The number of benzene rings is 2. The van der Waals surface area contributed by atoms with E-state index in [1.807, 2.05) is 6.92 Å².